The quantitative estimate of drug-likeness (QED) is 0.771. The number of nitrogens with one attached hydrogen (secondary N) is 2. The average Bonchev–Trinajstić information content (AvgIpc) is 2.49. The minimum atomic E-state index is -0.168. The molecular formula is C17H17IN2O. The van der Waals surface area contributed by atoms with Gasteiger partial charge in [0.1, 0.15) is 0 Å². The first-order valence-corrected chi connectivity index (χ1v) is 8.08. The number of fused-ring (bicyclic) bond motifs is 1. The molecule has 3 rings (SSSR count). The number of amides is 1. The summed E-state index contributed by atoms with van der Waals surface area (Å²) in [5.41, 5.74) is 4.52. The van der Waals surface area contributed by atoms with E-state index >= 15 is 0 Å². The van der Waals surface area contributed by atoms with Crippen molar-refractivity contribution in [3.63, 3.8) is 0 Å². The van der Waals surface area contributed by atoms with Crippen LogP contribution in [-0.4, -0.2) is 11.9 Å². The van der Waals surface area contributed by atoms with Crippen molar-refractivity contribution in [3.05, 3.63) is 62.7 Å². The Morgan fingerprint density at radius 1 is 1.24 bits per heavy atom. The first-order valence-electron chi connectivity index (χ1n) is 7.00. The lowest BCUT2D eigenvalue weighted by molar-refractivity contribution is -0.118. The van der Waals surface area contributed by atoms with Crippen LogP contribution < -0.4 is 10.6 Å². The van der Waals surface area contributed by atoms with Crippen LogP contribution in [0.2, 0.25) is 0 Å². The topological polar surface area (TPSA) is 41.1 Å². The number of carbonyl (C=O) groups excluding carboxylic acids is 1. The first kappa shape index (κ1) is 14.5. The summed E-state index contributed by atoms with van der Waals surface area (Å²) >= 11 is 2.27. The molecule has 0 aromatic heterocycles. The molecule has 2 aromatic carbocycles. The lowest BCUT2D eigenvalue weighted by Gasteiger charge is -2.25. The Morgan fingerprint density at radius 3 is 2.76 bits per heavy atom. The van der Waals surface area contributed by atoms with Gasteiger partial charge >= 0.3 is 0 Å². The summed E-state index contributed by atoms with van der Waals surface area (Å²) in [5, 5.41) is 6.35. The molecule has 1 amide bonds. The Morgan fingerprint density at radius 2 is 2.00 bits per heavy atom. The zero-order valence-corrected chi connectivity index (χ0v) is 14.0. The van der Waals surface area contributed by atoms with E-state index in [0.717, 1.165) is 24.2 Å². The Kier molecular flexibility index (Phi) is 4.26. The molecule has 0 saturated heterocycles. The largest absolute Gasteiger partial charge is 0.324 e. The Hall–Kier alpha value is -1.40. The van der Waals surface area contributed by atoms with Gasteiger partial charge in [-0.1, -0.05) is 24.3 Å². The number of anilines is 1. The summed E-state index contributed by atoms with van der Waals surface area (Å²) in [6.45, 7) is 2.77. The predicted octanol–water partition coefficient (Wildman–Crippen LogP) is 3.25. The molecule has 0 aliphatic carbocycles. The van der Waals surface area contributed by atoms with Crippen LogP contribution in [0.15, 0.2) is 42.5 Å². The Balaban J connectivity index is 1.72. The van der Waals surface area contributed by atoms with Crippen molar-refractivity contribution in [2.45, 2.75) is 25.9 Å². The molecule has 1 aliphatic rings. The van der Waals surface area contributed by atoms with Gasteiger partial charge in [-0.05, 0) is 70.8 Å². The highest BCUT2D eigenvalue weighted by Gasteiger charge is 2.24. The van der Waals surface area contributed by atoms with Gasteiger partial charge in [0.05, 0.1) is 6.04 Å². The van der Waals surface area contributed by atoms with Crippen molar-refractivity contribution in [1.82, 2.24) is 5.32 Å². The fraction of sp³-hybridized carbons (Fsp3) is 0.235. The molecule has 0 spiro atoms. The normalized spacial score (nSPS) is 17.1. The Bertz CT molecular complexity index is 684. The van der Waals surface area contributed by atoms with Crippen molar-refractivity contribution in [1.29, 1.82) is 0 Å². The number of aryl methyl sites for hydroxylation is 1. The second-order valence-corrected chi connectivity index (χ2v) is 6.60. The van der Waals surface area contributed by atoms with Gasteiger partial charge in [-0.25, -0.2) is 0 Å². The summed E-state index contributed by atoms with van der Waals surface area (Å²) in [4.78, 5) is 12.4. The van der Waals surface area contributed by atoms with Crippen molar-refractivity contribution in [2.75, 3.05) is 5.32 Å². The van der Waals surface area contributed by atoms with Crippen LogP contribution in [0, 0.1) is 10.5 Å². The van der Waals surface area contributed by atoms with Crippen molar-refractivity contribution in [2.24, 2.45) is 0 Å². The molecule has 1 aliphatic heterocycles. The van der Waals surface area contributed by atoms with E-state index in [-0.39, 0.29) is 11.9 Å². The van der Waals surface area contributed by atoms with E-state index in [2.05, 4.69) is 51.4 Å². The predicted molar refractivity (Wildman–Crippen MR) is 93.3 cm³/mol. The summed E-state index contributed by atoms with van der Waals surface area (Å²) in [6, 6.07) is 14.2. The summed E-state index contributed by atoms with van der Waals surface area (Å²) in [5.74, 6) is 0.0359. The van der Waals surface area contributed by atoms with Crippen LogP contribution in [0.1, 0.15) is 16.7 Å². The number of hydrogen-bond acceptors (Lipinski definition) is 2. The van der Waals surface area contributed by atoms with Gasteiger partial charge in [-0.3, -0.25) is 4.79 Å². The Labute approximate surface area is 138 Å². The van der Waals surface area contributed by atoms with Crippen LogP contribution in [0.25, 0.3) is 0 Å². The van der Waals surface area contributed by atoms with Crippen molar-refractivity contribution >= 4 is 34.2 Å². The molecule has 3 nitrogen and oxygen atoms in total. The highest BCUT2D eigenvalue weighted by Crippen LogP contribution is 2.20. The molecule has 21 heavy (non-hydrogen) atoms. The SMILES string of the molecule is Cc1cc(I)ccc1NC(=O)[C@H]1Cc2ccccc2CN1. The van der Waals surface area contributed by atoms with Gasteiger partial charge in [0.2, 0.25) is 5.91 Å². The molecule has 4 heteroatoms. The minimum absolute atomic E-state index is 0.0359. The molecule has 0 radical (unpaired) electrons. The van der Waals surface area contributed by atoms with Crippen LogP contribution in [-0.2, 0) is 17.8 Å². The van der Waals surface area contributed by atoms with Crippen LogP contribution in [0.3, 0.4) is 0 Å². The van der Waals surface area contributed by atoms with Gasteiger partial charge < -0.3 is 10.6 Å². The fourth-order valence-corrected chi connectivity index (χ4v) is 3.27. The van der Waals surface area contributed by atoms with E-state index in [1.165, 1.54) is 14.7 Å². The van der Waals surface area contributed by atoms with Crippen LogP contribution in [0.4, 0.5) is 5.69 Å². The number of benzene rings is 2. The van der Waals surface area contributed by atoms with E-state index < -0.39 is 0 Å². The molecule has 0 saturated carbocycles. The molecule has 0 bridgehead atoms. The zero-order chi connectivity index (χ0) is 14.8. The van der Waals surface area contributed by atoms with Gasteiger partial charge in [0.15, 0.2) is 0 Å². The fourth-order valence-electron chi connectivity index (χ4n) is 2.63. The van der Waals surface area contributed by atoms with E-state index in [1.54, 1.807) is 0 Å². The lowest BCUT2D eigenvalue weighted by Crippen LogP contribution is -2.44. The summed E-state index contributed by atoms with van der Waals surface area (Å²) in [7, 11) is 0. The third-order valence-electron chi connectivity index (χ3n) is 3.84. The molecule has 108 valence electrons. The zero-order valence-electron chi connectivity index (χ0n) is 11.8. The average molecular weight is 392 g/mol. The highest BCUT2D eigenvalue weighted by atomic mass is 127. The number of carbonyl (C=O) groups is 1. The second kappa shape index (κ2) is 6.15. The van der Waals surface area contributed by atoms with Gasteiger partial charge in [-0.15, -0.1) is 0 Å². The number of rotatable bonds is 2. The third-order valence-corrected chi connectivity index (χ3v) is 4.52. The monoisotopic (exact) mass is 392 g/mol. The summed E-state index contributed by atoms with van der Waals surface area (Å²) < 4.78 is 1.17. The van der Waals surface area contributed by atoms with Crippen molar-refractivity contribution < 1.29 is 4.79 Å². The van der Waals surface area contributed by atoms with Crippen LogP contribution >= 0.6 is 22.6 Å². The van der Waals surface area contributed by atoms with E-state index in [1.807, 2.05) is 31.2 Å². The lowest BCUT2D eigenvalue weighted by atomic mass is 9.95. The number of hydrogen-bond donors (Lipinski definition) is 2. The molecule has 2 aromatic rings. The maximum absolute atomic E-state index is 12.4. The molecule has 2 N–H and O–H groups in total. The second-order valence-electron chi connectivity index (χ2n) is 5.35. The maximum Gasteiger partial charge on any atom is 0.241 e. The first-order chi connectivity index (χ1) is 10.1. The molecule has 1 atom stereocenters. The van der Waals surface area contributed by atoms with Gasteiger partial charge in [-0.2, -0.15) is 0 Å². The van der Waals surface area contributed by atoms with Gasteiger partial charge in [0.25, 0.3) is 0 Å². The van der Waals surface area contributed by atoms with E-state index in [0.29, 0.717) is 0 Å². The standard InChI is InChI=1S/C17H17IN2O/c1-11-8-14(18)6-7-15(11)20-17(21)16-9-12-4-2-3-5-13(12)10-19-16/h2-8,16,19H,9-10H2,1H3,(H,20,21)/t16-/m1/s1. The molecule has 0 fully saturated rings. The van der Waals surface area contributed by atoms with Crippen molar-refractivity contribution in [3.8, 4) is 0 Å². The van der Waals surface area contributed by atoms with E-state index in [4.69, 9.17) is 0 Å². The molecular weight excluding hydrogens is 375 g/mol. The van der Waals surface area contributed by atoms with Gasteiger partial charge in [0, 0.05) is 15.8 Å². The smallest absolute Gasteiger partial charge is 0.241 e. The minimum Gasteiger partial charge on any atom is -0.324 e. The highest BCUT2D eigenvalue weighted by molar-refractivity contribution is 14.1. The summed E-state index contributed by atoms with van der Waals surface area (Å²) in [6.07, 6.45) is 0.741. The number of halogens is 1. The maximum atomic E-state index is 12.4. The van der Waals surface area contributed by atoms with E-state index in [9.17, 15) is 4.79 Å². The molecule has 1 heterocycles. The third kappa shape index (κ3) is 3.27. The molecule has 0 unspecified atom stereocenters. The van der Waals surface area contributed by atoms with Crippen LogP contribution in [0.5, 0.6) is 0 Å².